The lowest BCUT2D eigenvalue weighted by Gasteiger charge is -2.17. The van der Waals surface area contributed by atoms with E-state index in [0.717, 1.165) is 0 Å². The number of carbonyl (C=O) groups excluding carboxylic acids is 1. The molecule has 0 aliphatic rings. The van der Waals surface area contributed by atoms with E-state index in [1.807, 2.05) is 20.8 Å². The summed E-state index contributed by atoms with van der Waals surface area (Å²) < 4.78 is 0. The molecule has 0 radical (unpaired) electrons. The maximum absolute atomic E-state index is 11.9. The van der Waals surface area contributed by atoms with Crippen molar-refractivity contribution in [3.05, 3.63) is 36.5 Å². The second kappa shape index (κ2) is 26.6. The Morgan fingerprint density at radius 3 is 1.54 bits per heavy atom. The van der Waals surface area contributed by atoms with Crippen LogP contribution < -0.4 is 16.8 Å². The molecule has 14 nitrogen and oxygen atoms in total. The molecule has 0 aliphatic heterocycles. The van der Waals surface area contributed by atoms with Crippen LogP contribution in [-0.2, 0) is 4.79 Å². The van der Waals surface area contributed by atoms with Crippen molar-refractivity contribution in [2.45, 2.75) is 152 Å². The summed E-state index contributed by atoms with van der Waals surface area (Å²) in [6.45, 7) is 5.73. The molecule has 0 aromatic rings. The number of hydrogen-bond acceptors (Lipinski definition) is 12. The normalized spacial score (nSPS) is 19.3. The molecule has 0 spiro atoms. The first-order valence-corrected chi connectivity index (χ1v) is 17.0. The minimum absolute atomic E-state index is 0.0164. The Kier molecular flexibility index (Phi) is 25.4. The standard InChI is InChI=1S/C34H64N4O10/c1-4-23(39)17-24(40)9-5-13-28(44)20-31(47)21-29(45)14-7-12-26(42)18-25(41)10-6-11-27(43)19-30(46)15-8-16-37-34(36)38-33(48)32(35)22(2)3/h5-7,9-10,14,22-32,39-47H,4,8,11-13,15-21,35H2,1-3H3,(H3,36,37,38,48). The molecular formula is C34H64N4O10. The number of nitrogens with zero attached hydrogens (tertiary/aromatic N) is 1. The van der Waals surface area contributed by atoms with E-state index in [1.54, 1.807) is 18.2 Å². The van der Waals surface area contributed by atoms with Crippen molar-refractivity contribution in [1.82, 2.24) is 5.32 Å². The van der Waals surface area contributed by atoms with Crippen molar-refractivity contribution >= 4 is 11.9 Å². The SMILES string of the molecule is CCC(O)CC(O)C=CCC(O)CC(O)CC(O)C=CCC(O)CC(O)C=CCC(O)CC(O)CCCN=C(N)NC(=O)C(N)C(C)C. The third kappa shape index (κ3) is 24.8. The van der Waals surface area contributed by atoms with E-state index in [1.165, 1.54) is 18.2 Å². The van der Waals surface area contributed by atoms with Gasteiger partial charge in [-0.05, 0) is 57.3 Å². The highest BCUT2D eigenvalue weighted by Gasteiger charge is 2.18. The van der Waals surface area contributed by atoms with Crippen LogP contribution in [0.15, 0.2) is 41.4 Å². The number of rotatable bonds is 26. The summed E-state index contributed by atoms with van der Waals surface area (Å²) in [6.07, 6.45) is 3.69. The van der Waals surface area contributed by atoms with Gasteiger partial charge >= 0.3 is 0 Å². The highest BCUT2D eigenvalue weighted by molar-refractivity contribution is 5.98. The predicted molar refractivity (Wildman–Crippen MR) is 185 cm³/mol. The van der Waals surface area contributed by atoms with E-state index in [2.05, 4.69) is 10.3 Å². The Balaban J connectivity index is 4.25. The molecule has 14 heteroatoms. The van der Waals surface area contributed by atoms with Crippen LogP contribution in [0, 0.1) is 5.92 Å². The van der Waals surface area contributed by atoms with Gasteiger partial charge in [-0.25, -0.2) is 0 Å². The summed E-state index contributed by atoms with van der Waals surface area (Å²) in [6, 6.07) is -0.693. The summed E-state index contributed by atoms with van der Waals surface area (Å²) in [4.78, 5) is 15.9. The van der Waals surface area contributed by atoms with Gasteiger partial charge in [0.2, 0.25) is 5.91 Å². The molecule has 1 amide bonds. The average molecular weight is 689 g/mol. The van der Waals surface area contributed by atoms with Gasteiger partial charge < -0.3 is 57.4 Å². The van der Waals surface area contributed by atoms with Crippen molar-refractivity contribution in [2.24, 2.45) is 22.4 Å². The van der Waals surface area contributed by atoms with Gasteiger partial charge in [0.25, 0.3) is 0 Å². The van der Waals surface area contributed by atoms with Crippen LogP contribution >= 0.6 is 0 Å². The molecule has 280 valence electrons. The topological polar surface area (TPSA) is 276 Å². The Hall–Kier alpha value is -2.24. The zero-order valence-electron chi connectivity index (χ0n) is 28.8. The fourth-order valence-corrected chi connectivity index (χ4v) is 4.63. The number of carbonyl (C=O) groups is 1. The van der Waals surface area contributed by atoms with Crippen molar-refractivity contribution < 1.29 is 50.8 Å². The molecule has 48 heavy (non-hydrogen) atoms. The Bertz CT molecular complexity index is 964. The van der Waals surface area contributed by atoms with Gasteiger partial charge in [-0.1, -0.05) is 57.2 Å². The van der Waals surface area contributed by atoms with Crippen LogP contribution in [0.3, 0.4) is 0 Å². The van der Waals surface area contributed by atoms with E-state index < -0.39 is 66.9 Å². The first kappa shape index (κ1) is 45.8. The molecule has 0 aliphatic carbocycles. The molecule has 14 N–H and O–H groups in total. The summed E-state index contributed by atoms with van der Waals surface area (Å²) in [5.74, 6) is -0.502. The molecule has 0 heterocycles. The Labute approximate surface area is 285 Å². The van der Waals surface area contributed by atoms with E-state index in [9.17, 15) is 50.8 Å². The van der Waals surface area contributed by atoms with E-state index in [4.69, 9.17) is 11.5 Å². The summed E-state index contributed by atoms with van der Waals surface area (Å²) >= 11 is 0. The largest absolute Gasteiger partial charge is 0.393 e. The summed E-state index contributed by atoms with van der Waals surface area (Å²) in [7, 11) is 0. The number of nitrogens with two attached hydrogens (primary N) is 2. The minimum atomic E-state index is -0.999. The number of aliphatic hydroxyl groups is 9. The Morgan fingerprint density at radius 1 is 0.667 bits per heavy atom. The molecule has 0 aromatic heterocycles. The van der Waals surface area contributed by atoms with Crippen LogP contribution in [0.4, 0.5) is 0 Å². The Morgan fingerprint density at radius 2 is 1.08 bits per heavy atom. The van der Waals surface area contributed by atoms with Gasteiger partial charge in [-0.15, -0.1) is 0 Å². The summed E-state index contributed by atoms with van der Waals surface area (Å²) in [5, 5.41) is 92.9. The van der Waals surface area contributed by atoms with Crippen LogP contribution in [0.25, 0.3) is 0 Å². The molecule has 10 atom stereocenters. The molecule has 0 aromatic carbocycles. The van der Waals surface area contributed by atoms with Crippen molar-refractivity contribution in [3.8, 4) is 0 Å². The second-order valence-electron chi connectivity index (χ2n) is 12.9. The van der Waals surface area contributed by atoms with Gasteiger partial charge in [0, 0.05) is 25.8 Å². The van der Waals surface area contributed by atoms with Crippen LogP contribution in [0.2, 0.25) is 0 Å². The first-order valence-electron chi connectivity index (χ1n) is 17.0. The van der Waals surface area contributed by atoms with Crippen LogP contribution in [0.1, 0.15) is 91.4 Å². The lowest BCUT2D eigenvalue weighted by Crippen LogP contribution is -2.48. The highest BCUT2D eigenvalue weighted by atomic mass is 16.3. The number of aliphatic hydroxyl groups excluding tert-OH is 9. The first-order chi connectivity index (χ1) is 22.5. The molecule has 0 fully saturated rings. The molecule has 0 rings (SSSR count). The van der Waals surface area contributed by atoms with E-state index >= 15 is 0 Å². The zero-order valence-corrected chi connectivity index (χ0v) is 28.8. The number of amides is 1. The number of hydrogen-bond donors (Lipinski definition) is 12. The van der Waals surface area contributed by atoms with Crippen molar-refractivity contribution in [3.63, 3.8) is 0 Å². The van der Waals surface area contributed by atoms with Gasteiger partial charge in [0.05, 0.1) is 61.0 Å². The molecule has 10 unspecified atom stereocenters. The average Bonchev–Trinajstić information content (AvgIpc) is 2.98. The molecule has 0 saturated carbocycles. The molecule has 0 bridgehead atoms. The number of nitrogens with one attached hydrogen (secondary N) is 1. The second-order valence-corrected chi connectivity index (χ2v) is 12.9. The van der Waals surface area contributed by atoms with Gasteiger partial charge in [0.1, 0.15) is 0 Å². The monoisotopic (exact) mass is 688 g/mol. The lowest BCUT2D eigenvalue weighted by molar-refractivity contribution is -0.121. The third-order valence-corrected chi connectivity index (χ3v) is 7.65. The van der Waals surface area contributed by atoms with Crippen molar-refractivity contribution in [2.75, 3.05) is 6.54 Å². The fourth-order valence-electron chi connectivity index (χ4n) is 4.63. The number of guanidine groups is 1. The van der Waals surface area contributed by atoms with Crippen LogP contribution in [-0.4, -0.2) is 125 Å². The maximum Gasteiger partial charge on any atom is 0.243 e. The van der Waals surface area contributed by atoms with Gasteiger partial charge in [0.15, 0.2) is 5.96 Å². The van der Waals surface area contributed by atoms with E-state index in [0.29, 0.717) is 19.3 Å². The summed E-state index contributed by atoms with van der Waals surface area (Å²) in [5.41, 5.74) is 11.4. The highest BCUT2D eigenvalue weighted by Crippen LogP contribution is 2.13. The van der Waals surface area contributed by atoms with E-state index in [-0.39, 0.29) is 69.8 Å². The van der Waals surface area contributed by atoms with Gasteiger partial charge in [-0.2, -0.15) is 0 Å². The fraction of sp³-hybridized carbons (Fsp3) is 0.765. The predicted octanol–water partition coefficient (Wildman–Crippen LogP) is -0.372. The van der Waals surface area contributed by atoms with Gasteiger partial charge in [-0.3, -0.25) is 15.1 Å². The smallest absolute Gasteiger partial charge is 0.243 e. The maximum atomic E-state index is 11.9. The molecular weight excluding hydrogens is 624 g/mol. The van der Waals surface area contributed by atoms with Crippen molar-refractivity contribution in [1.29, 1.82) is 0 Å². The lowest BCUT2D eigenvalue weighted by atomic mass is 10.0. The van der Waals surface area contributed by atoms with Crippen LogP contribution in [0.5, 0.6) is 0 Å². The third-order valence-electron chi connectivity index (χ3n) is 7.65. The quantitative estimate of drug-likeness (QED) is 0.0240. The number of aliphatic imine (C=N–C) groups is 1. The zero-order chi connectivity index (χ0) is 36.6. The molecule has 0 saturated heterocycles. The minimum Gasteiger partial charge on any atom is -0.393 e.